The number of benzene rings is 1. The van der Waals surface area contributed by atoms with Crippen LogP contribution in [0.3, 0.4) is 0 Å². The molecule has 150 valence electrons. The molecular weight excluding hydrogens is 344 g/mol. The number of hydrogen-bond donors (Lipinski definition) is 4. The minimum absolute atomic E-state index is 0.0261. The number of aliphatic hydroxyl groups excluding tert-OH is 3. The first-order chi connectivity index (χ1) is 12.9. The number of aliphatic carboxylic acids is 1. The third-order valence-corrected chi connectivity index (χ3v) is 4.36. The molecule has 0 aliphatic rings. The molecule has 0 fully saturated rings. The van der Waals surface area contributed by atoms with Crippen LogP contribution in [0.15, 0.2) is 36.4 Å². The molecule has 4 N–H and O–H groups in total. The third-order valence-electron chi connectivity index (χ3n) is 4.36. The number of rotatable bonds is 13. The minimum Gasteiger partial charge on any atom is -0.481 e. The summed E-state index contributed by atoms with van der Waals surface area (Å²) in [4.78, 5) is 10.5. The van der Waals surface area contributed by atoms with Crippen molar-refractivity contribution in [3.8, 4) is 0 Å². The topological polar surface area (TPSA) is 98.0 Å². The number of carboxylic acid groups (broad SMARTS) is 1. The molecule has 0 bridgehead atoms. The van der Waals surface area contributed by atoms with Crippen molar-refractivity contribution < 1.29 is 25.2 Å². The van der Waals surface area contributed by atoms with Crippen molar-refractivity contribution in [3.05, 3.63) is 47.5 Å². The molecule has 0 amide bonds. The highest BCUT2D eigenvalue weighted by Gasteiger charge is 2.13. The molecule has 5 nitrogen and oxygen atoms in total. The molecule has 0 spiro atoms. The van der Waals surface area contributed by atoms with Gasteiger partial charge in [0.15, 0.2) is 0 Å². The fraction of sp³-hybridized carbons (Fsp3) is 0.500. The van der Waals surface area contributed by atoms with Crippen LogP contribution in [-0.2, 0) is 4.79 Å². The van der Waals surface area contributed by atoms with Crippen LogP contribution in [-0.4, -0.2) is 44.7 Å². The molecule has 0 aliphatic heterocycles. The van der Waals surface area contributed by atoms with Crippen LogP contribution >= 0.6 is 0 Å². The monoisotopic (exact) mass is 376 g/mol. The maximum atomic E-state index is 10.5. The van der Waals surface area contributed by atoms with E-state index in [9.17, 15) is 20.1 Å². The van der Waals surface area contributed by atoms with E-state index in [1.54, 1.807) is 12.2 Å². The first-order valence-electron chi connectivity index (χ1n) is 9.65. The summed E-state index contributed by atoms with van der Waals surface area (Å²) in [5.74, 6) is -0.912. The highest BCUT2D eigenvalue weighted by Crippen LogP contribution is 2.16. The molecule has 0 saturated heterocycles. The van der Waals surface area contributed by atoms with E-state index in [-0.39, 0.29) is 12.8 Å². The lowest BCUT2D eigenvalue weighted by atomic mass is 10.0. The molecule has 0 heterocycles. The Morgan fingerprint density at radius 3 is 2.19 bits per heavy atom. The van der Waals surface area contributed by atoms with Gasteiger partial charge in [-0.1, -0.05) is 74.8 Å². The van der Waals surface area contributed by atoms with Gasteiger partial charge in [0.05, 0.1) is 18.3 Å². The molecule has 27 heavy (non-hydrogen) atoms. The maximum Gasteiger partial charge on any atom is 0.303 e. The lowest BCUT2D eigenvalue weighted by Crippen LogP contribution is -2.23. The van der Waals surface area contributed by atoms with Crippen LogP contribution in [0.2, 0.25) is 0 Å². The Morgan fingerprint density at radius 2 is 1.59 bits per heavy atom. The zero-order valence-corrected chi connectivity index (χ0v) is 16.0. The fourth-order valence-corrected chi connectivity index (χ4v) is 2.69. The first kappa shape index (κ1) is 23.1. The van der Waals surface area contributed by atoms with Gasteiger partial charge in [-0.05, 0) is 30.4 Å². The van der Waals surface area contributed by atoms with Crippen molar-refractivity contribution in [2.24, 2.45) is 0 Å². The lowest BCUT2D eigenvalue weighted by Gasteiger charge is -2.14. The van der Waals surface area contributed by atoms with Gasteiger partial charge in [-0.15, -0.1) is 0 Å². The van der Waals surface area contributed by atoms with E-state index in [1.165, 1.54) is 6.08 Å². The van der Waals surface area contributed by atoms with E-state index in [4.69, 9.17) is 5.11 Å². The Hall–Kier alpha value is -1.95. The smallest absolute Gasteiger partial charge is 0.303 e. The molecule has 5 heteroatoms. The SMILES string of the molecule is CCCCCC(O)C=Cc1ccccc1C=CC(O)C(O)CCCC(=O)O. The van der Waals surface area contributed by atoms with Crippen molar-refractivity contribution in [2.45, 2.75) is 70.2 Å². The minimum atomic E-state index is -1.06. The van der Waals surface area contributed by atoms with Crippen molar-refractivity contribution in [1.29, 1.82) is 0 Å². The van der Waals surface area contributed by atoms with Crippen LogP contribution in [0.4, 0.5) is 0 Å². The average molecular weight is 376 g/mol. The van der Waals surface area contributed by atoms with Gasteiger partial charge >= 0.3 is 5.97 Å². The van der Waals surface area contributed by atoms with E-state index < -0.39 is 24.3 Å². The fourth-order valence-electron chi connectivity index (χ4n) is 2.69. The largest absolute Gasteiger partial charge is 0.481 e. The van der Waals surface area contributed by atoms with E-state index in [0.717, 1.165) is 36.8 Å². The number of hydrogen-bond acceptors (Lipinski definition) is 4. The normalized spacial score (nSPS) is 15.3. The van der Waals surface area contributed by atoms with Crippen molar-refractivity contribution in [1.82, 2.24) is 0 Å². The summed E-state index contributed by atoms with van der Waals surface area (Å²) in [6.45, 7) is 2.13. The van der Waals surface area contributed by atoms with E-state index in [1.807, 2.05) is 30.3 Å². The number of unbranched alkanes of at least 4 members (excludes halogenated alkanes) is 2. The van der Waals surface area contributed by atoms with E-state index in [2.05, 4.69) is 6.92 Å². The van der Waals surface area contributed by atoms with Gasteiger partial charge in [0, 0.05) is 6.42 Å². The second-order valence-corrected chi connectivity index (χ2v) is 6.75. The average Bonchev–Trinajstić information content (AvgIpc) is 2.64. The second-order valence-electron chi connectivity index (χ2n) is 6.75. The van der Waals surface area contributed by atoms with Crippen molar-refractivity contribution in [2.75, 3.05) is 0 Å². The second kappa shape index (κ2) is 13.3. The molecule has 0 saturated carbocycles. The van der Waals surface area contributed by atoms with Crippen molar-refractivity contribution in [3.63, 3.8) is 0 Å². The summed E-state index contributed by atoms with van der Waals surface area (Å²) in [6, 6.07) is 7.59. The predicted molar refractivity (Wildman–Crippen MR) is 108 cm³/mol. The Morgan fingerprint density at radius 1 is 0.963 bits per heavy atom. The van der Waals surface area contributed by atoms with Crippen LogP contribution in [0, 0.1) is 0 Å². The summed E-state index contributed by atoms with van der Waals surface area (Å²) in [6.07, 6.45) is 8.83. The van der Waals surface area contributed by atoms with Gasteiger partial charge in [-0.2, -0.15) is 0 Å². The number of carboxylic acids is 1. The van der Waals surface area contributed by atoms with Gasteiger partial charge in [-0.3, -0.25) is 4.79 Å². The van der Waals surface area contributed by atoms with Gasteiger partial charge < -0.3 is 20.4 Å². The standard InChI is InChI=1S/C22H32O5/c1-2-3-4-10-19(23)15-13-17-8-5-6-9-18(17)14-16-21(25)20(24)11-7-12-22(26)27/h5-6,8-9,13-16,19-21,23-25H,2-4,7,10-12H2,1H3,(H,26,27). The van der Waals surface area contributed by atoms with Gasteiger partial charge in [0.2, 0.25) is 0 Å². The van der Waals surface area contributed by atoms with Gasteiger partial charge in [-0.25, -0.2) is 0 Å². The van der Waals surface area contributed by atoms with Crippen LogP contribution in [0.25, 0.3) is 12.2 Å². The highest BCUT2D eigenvalue weighted by molar-refractivity contribution is 5.66. The summed E-state index contributed by atoms with van der Waals surface area (Å²) in [7, 11) is 0. The first-order valence-corrected chi connectivity index (χ1v) is 9.65. The Kier molecular flexibility index (Phi) is 11.3. The molecule has 1 rings (SSSR count). The van der Waals surface area contributed by atoms with Crippen LogP contribution in [0.1, 0.15) is 63.0 Å². The number of carbonyl (C=O) groups is 1. The lowest BCUT2D eigenvalue weighted by molar-refractivity contribution is -0.137. The van der Waals surface area contributed by atoms with Gasteiger partial charge in [0.25, 0.3) is 0 Å². The quantitative estimate of drug-likeness (QED) is 0.394. The van der Waals surface area contributed by atoms with Crippen molar-refractivity contribution >= 4 is 18.1 Å². The molecule has 1 aromatic carbocycles. The molecule has 0 radical (unpaired) electrons. The van der Waals surface area contributed by atoms with Gasteiger partial charge in [0.1, 0.15) is 0 Å². The third kappa shape index (κ3) is 10.1. The van der Waals surface area contributed by atoms with E-state index >= 15 is 0 Å². The van der Waals surface area contributed by atoms with E-state index in [0.29, 0.717) is 6.42 Å². The Labute approximate surface area is 161 Å². The Balaban J connectivity index is 2.64. The molecule has 3 unspecified atom stereocenters. The summed E-state index contributed by atoms with van der Waals surface area (Å²) < 4.78 is 0. The molecular formula is C22H32O5. The summed E-state index contributed by atoms with van der Waals surface area (Å²) >= 11 is 0. The predicted octanol–water partition coefficient (Wildman–Crippen LogP) is 3.63. The molecule has 1 aromatic rings. The maximum absolute atomic E-state index is 10.5. The highest BCUT2D eigenvalue weighted by atomic mass is 16.4. The van der Waals surface area contributed by atoms with Crippen LogP contribution < -0.4 is 0 Å². The van der Waals surface area contributed by atoms with Crippen LogP contribution in [0.5, 0.6) is 0 Å². The summed E-state index contributed by atoms with van der Waals surface area (Å²) in [5, 5.41) is 38.6. The number of aliphatic hydroxyl groups is 3. The zero-order valence-electron chi connectivity index (χ0n) is 16.0. The Bertz CT molecular complexity index is 608. The molecule has 0 aromatic heterocycles. The zero-order chi connectivity index (χ0) is 20.1. The summed E-state index contributed by atoms with van der Waals surface area (Å²) in [5.41, 5.74) is 1.78. The molecule has 3 atom stereocenters. The molecule has 0 aliphatic carbocycles.